The number of halogens is 1. The predicted octanol–water partition coefficient (Wildman–Crippen LogP) is 4.83. The molecule has 2 aromatic carbocycles. The summed E-state index contributed by atoms with van der Waals surface area (Å²) in [6.45, 7) is 3.91. The summed E-state index contributed by atoms with van der Waals surface area (Å²) in [5, 5.41) is 3.93. The van der Waals surface area contributed by atoms with Crippen LogP contribution in [0.5, 0.6) is 5.75 Å². The summed E-state index contributed by atoms with van der Waals surface area (Å²) in [4.78, 5) is 16.9. The quantitative estimate of drug-likeness (QED) is 0.739. The second-order valence-corrected chi connectivity index (χ2v) is 6.63. The van der Waals surface area contributed by atoms with E-state index in [9.17, 15) is 4.79 Å². The summed E-state index contributed by atoms with van der Waals surface area (Å²) < 4.78 is 6.08. The topological polar surface area (TPSA) is 51.2 Å². The highest BCUT2D eigenvalue weighted by Crippen LogP contribution is 2.37. The van der Waals surface area contributed by atoms with Gasteiger partial charge in [0, 0.05) is 5.56 Å². The average molecular weight is 347 g/mol. The van der Waals surface area contributed by atoms with Gasteiger partial charge >= 0.3 is 0 Å². The van der Waals surface area contributed by atoms with Gasteiger partial charge in [0.05, 0.1) is 16.8 Å². The third kappa shape index (κ3) is 3.02. The lowest BCUT2D eigenvalue weighted by atomic mass is 10.1. The molecule has 3 rings (SSSR count). The number of hydrogen-bond donors (Lipinski definition) is 1. The lowest BCUT2D eigenvalue weighted by molar-refractivity contribution is 0.102. The Morgan fingerprint density at radius 2 is 2.04 bits per heavy atom. The number of ether oxygens (including phenoxy) is 1. The highest BCUT2D eigenvalue weighted by atomic mass is 35.5. The number of hydrogen-bond acceptors (Lipinski definition) is 4. The minimum absolute atomic E-state index is 0.184. The number of carbonyl (C=O) groups excluding carboxylic acids is 1. The van der Waals surface area contributed by atoms with Crippen LogP contribution in [0.2, 0.25) is 5.02 Å². The number of rotatable bonds is 3. The molecule has 0 aliphatic carbocycles. The minimum Gasteiger partial charge on any atom is -0.494 e. The summed E-state index contributed by atoms with van der Waals surface area (Å²) in [7, 11) is 1.58. The Bertz CT molecular complexity index is 905. The Labute approximate surface area is 143 Å². The van der Waals surface area contributed by atoms with Gasteiger partial charge in [0.15, 0.2) is 5.13 Å². The van der Waals surface area contributed by atoms with E-state index in [1.807, 2.05) is 32.0 Å². The molecule has 0 saturated heterocycles. The maximum Gasteiger partial charge on any atom is 0.257 e. The molecule has 0 radical (unpaired) electrons. The van der Waals surface area contributed by atoms with Crippen molar-refractivity contribution in [2.45, 2.75) is 13.8 Å². The lowest BCUT2D eigenvalue weighted by Crippen LogP contribution is -2.13. The molecular weight excluding hydrogens is 332 g/mol. The Morgan fingerprint density at radius 1 is 1.26 bits per heavy atom. The maximum atomic E-state index is 12.5. The van der Waals surface area contributed by atoms with Gasteiger partial charge in [-0.1, -0.05) is 40.6 Å². The van der Waals surface area contributed by atoms with Crippen LogP contribution in [0.15, 0.2) is 30.3 Å². The van der Waals surface area contributed by atoms with Gasteiger partial charge in [0.1, 0.15) is 11.3 Å². The van der Waals surface area contributed by atoms with Gasteiger partial charge in [-0.2, -0.15) is 0 Å². The van der Waals surface area contributed by atoms with Crippen LogP contribution < -0.4 is 10.1 Å². The third-order valence-corrected chi connectivity index (χ3v) is 4.96. The van der Waals surface area contributed by atoms with Crippen molar-refractivity contribution in [3.63, 3.8) is 0 Å². The zero-order valence-corrected chi connectivity index (χ0v) is 14.5. The van der Waals surface area contributed by atoms with Gasteiger partial charge in [-0.25, -0.2) is 4.98 Å². The smallest absolute Gasteiger partial charge is 0.257 e. The first-order valence-electron chi connectivity index (χ1n) is 7.01. The fourth-order valence-corrected chi connectivity index (χ4v) is 3.55. The van der Waals surface area contributed by atoms with E-state index in [1.54, 1.807) is 19.2 Å². The van der Waals surface area contributed by atoms with E-state index in [-0.39, 0.29) is 5.91 Å². The predicted molar refractivity (Wildman–Crippen MR) is 95.1 cm³/mol. The highest BCUT2D eigenvalue weighted by Gasteiger charge is 2.15. The molecule has 0 fully saturated rings. The molecule has 0 atom stereocenters. The second kappa shape index (κ2) is 6.18. The van der Waals surface area contributed by atoms with Crippen molar-refractivity contribution in [3.8, 4) is 5.75 Å². The fourth-order valence-electron chi connectivity index (χ4n) is 2.40. The number of aryl methyl sites for hydroxylation is 2. The van der Waals surface area contributed by atoms with Gasteiger partial charge in [0.25, 0.3) is 5.91 Å². The molecule has 1 aromatic heterocycles. The average Bonchev–Trinajstić information content (AvgIpc) is 2.92. The summed E-state index contributed by atoms with van der Waals surface area (Å²) in [5.41, 5.74) is 3.34. The maximum absolute atomic E-state index is 12.5. The molecular formula is C17H15ClN2O2S. The Hall–Kier alpha value is -2.11. The van der Waals surface area contributed by atoms with Gasteiger partial charge in [-0.3, -0.25) is 10.1 Å². The van der Waals surface area contributed by atoms with Gasteiger partial charge in [0.2, 0.25) is 0 Å². The first-order chi connectivity index (χ1) is 11.0. The molecule has 0 aliphatic rings. The zero-order chi connectivity index (χ0) is 16.6. The monoisotopic (exact) mass is 346 g/mol. The van der Waals surface area contributed by atoms with Crippen molar-refractivity contribution in [2.24, 2.45) is 0 Å². The standard InChI is InChI=1S/C17H15ClN2O2S/c1-9-4-5-11(10(2)8-9)16(21)20-17-19-14-13(22-3)7-6-12(18)15(14)23-17/h4-8H,1-3H3,(H,19,20,21). The van der Waals surface area contributed by atoms with E-state index >= 15 is 0 Å². The third-order valence-electron chi connectivity index (χ3n) is 3.53. The summed E-state index contributed by atoms with van der Waals surface area (Å²) in [5.74, 6) is 0.448. The molecule has 4 nitrogen and oxygen atoms in total. The minimum atomic E-state index is -0.184. The van der Waals surface area contributed by atoms with E-state index in [0.29, 0.717) is 27.0 Å². The Morgan fingerprint density at radius 3 is 2.74 bits per heavy atom. The number of methoxy groups -OCH3 is 1. The summed E-state index contributed by atoms with van der Waals surface area (Å²) in [6.07, 6.45) is 0. The van der Waals surface area contributed by atoms with Crippen LogP contribution in [-0.4, -0.2) is 18.0 Å². The van der Waals surface area contributed by atoms with Crippen molar-refractivity contribution in [1.29, 1.82) is 0 Å². The molecule has 1 N–H and O–H groups in total. The first kappa shape index (κ1) is 15.8. The number of nitrogens with zero attached hydrogens (tertiary/aromatic N) is 1. The molecule has 0 bridgehead atoms. The van der Waals surface area contributed by atoms with Crippen LogP contribution in [0.1, 0.15) is 21.5 Å². The molecule has 0 saturated carbocycles. The van der Waals surface area contributed by atoms with Crippen LogP contribution in [-0.2, 0) is 0 Å². The van der Waals surface area contributed by atoms with Crippen LogP contribution in [0.3, 0.4) is 0 Å². The largest absolute Gasteiger partial charge is 0.494 e. The lowest BCUT2D eigenvalue weighted by Gasteiger charge is -2.06. The van der Waals surface area contributed by atoms with E-state index in [0.717, 1.165) is 15.8 Å². The highest BCUT2D eigenvalue weighted by molar-refractivity contribution is 7.23. The molecule has 1 heterocycles. The number of benzene rings is 2. The Kier molecular flexibility index (Phi) is 4.24. The van der Waals surface area contributed by atoms with E-state index in [2.05, 4.69) is 10.3 Å². The molecule has 0 spiro atoms. The van der Waals surface area contributed by atoms with Crippen LogP contribution in [0.4, 0.5) is 5.13 Å². The number of fused-ring (bicyclic) bond motifs is 1. The van der Waals surface area contributed by atoms with Crippen molar-refractivity contribution in [2.75, 3.05) is 12.4 Å². The van der Waals surface area contributed by atoms with E-state index in [1.165, 1.54) is 11.3 Å². The number of nitrogens with one attached hydrogen (secondary N) is 1. The molecule has 3 aromatic rings. The molecule has 118 valence electrons. The fraction of sp³-hybridized carbons (Fsp3) is 0.176. The number of amides is 1. The van der Waals surface area contributed by atoms with Gasteiger partial charge in [-0.15, -0.1) is 0 Å². The zero-order valence-electron chi connectivity index (χ0n) is 12.9. The number of thiazole rings is 1. The summed E-state index contributed by atoms with van der Waals surface area (Å²) in [6, 6.07) is 9.24. The number of carbonyl (C=O) groups is 1. The van der Waals surface area contributed by atoms with Crippen molar-refractivity contribution in [1.82, 2.24) is 4.98 Å². The molecule has 0 unspecified atom stereocenters. The van der Waals surface area contributed by atoms with E-state index < -0.39 is 0 Å². The first-order valence-corrected chi connectivity index (χ1v) is 8.20. The van der Waals surface area contributed by atoms with Crippen LogP contribution >= 0.6 is 22.9 Å². The second-order valence-electron chi connectivity index (χ2n) is 5.22. The van der Waals surface area contributed by atoms with Crippen molar-refractivity contribution >= 4 is 44.2 Å². The summed E-state index contributed by atoms with van der Waals surface area (Å²) >= 11 is 7.53. The van der Waals surface area contributed by atoms with Crippen molar-refractivity contribution < 1.29 is 9.53 Å². The molecule has 6 heteroatoms. The van der Waals surface area contributed by atoms with Gasteiger partial charge in [-0.05, 0) is 37.6 Å². The molecule has 1 amide bonds. The molecule has 23 heavy (non-hydrogen) atoms. The van der Waals surface area contributed by atoms with Crippen molar-refractivity contribution in [3.05, 3.63) is 52.0 Å². The number of aromatic nitrogens is 1. The van der Waals surface area contributed by atoms with Crippen LogP contribution in [0.25, 0.3) is 10.2 Å². The van der Waals surface area contributed by atoms with E-state index in [4.69, 9.17) is 16.3 Å². The number of anilines is 1. The molecule has 0 aliphatic heterocycles. The normalized spacial score (nSPS) is 10.8. The SMILES string of the molecule is COc1ccc(Cl)c2sc(NC(=O)c3ccc(C)cc3C)nc12. The van der Waals surface area contributed by atoms with Gasteiger partial charge < -0.3 is 4.74 Å². The Balaban J connectivity index is 1.95. The van der Waals surface area contributed by atoms with Crippen LogP contribution in [0, 0.1) is 13.8 Å².